The van der Waals surface area contributed by atoms with Crippen molar-refractivity contribution in [3.05, 3.63) is 47.5 Å². The van der Waals surface area contributed by atoms with E-state index in [1.165, 1.54) is 10.8 Å². The molecular formula is C13H6BrN. The van der Waals surface area contributed by atoms with Gasteiger partial charge in [-0.25, -0.2) is 0 Å². The molecule has 2 aromatic carbocycles. The monoisotopic (exact) mass is 255 g/mol. The van der Waals surface area contributed by atoms with Crippen LogP contribution in [0.2, 0.25) is 0 Å². The molecule has 0 saturated heterocycles. The van der Waals surface area contributed by atoms with E-state index in [1.807, 2.05) is 24.3 Å². The van der Waals surface area contributed by atoms with E-state index in [0.29, 0.717) is 0 Å². The maximum atomic E-state index is 9.12. The van der Waals surface area contributed by atoms with Crippen LogP contribution >= 0.6 is 15.9 Å². The van der Waals surface area contributed by atoms with E-state index in [2.05, 4.69) is 34.1 Å². The number of rotatable bonds is 0. The maximum Gasteiger partial charge on any atom is 0.101 e. The highest BCUT2D eigenvalue weighted by molar-refractivity contribution is 9.15. The maximum absolute atomic E-state index is 9.12. The van der Waals surface area contributed by atoms with Crippen LogP contribution < -0.4 is 0 Å². The first kappa shape index (κ1) is 8.70. The topological polar surface area (TPSA) is 23.8 Å². The first-order valence-corrected chi connectivity index (χ1v) is 5.44. The van der Waals surface area contributed by atoms with Crippen LogP contribution in [-0.4, -0.2) is 0 Å². The fourth-order valence-electron chi connectivity index (χ4n) is 2.09. The van der Waals surface area contributed by atoms with E-state index in [4.69, 9.17) is 5.26 Å². The molecule has 0 radical (unpaired) electrons. The van der Waals surface area contributed by atoms with E-state index in [9.17, 15) is 0 Å². The van der Waals surface area contributed by atoms with Crippen molar-refractivity contribution in [2.45, 2.75) is 0 Å². The number of nitriles is 1. The highest BCUT2D eigenvalue weighted by Crippen LogP contribution is 2.44. The van der Waals surface area contributed by atoms with E-state index in [0.717, 1.165) is 21.2 Å². The second kappa shape index (κ2) is 2.95. The molecule has 1 nitrogen and oxygen atoms in total. The van der Waals surface area contributed by atoms with Gasteiger partial charge in [0.1, 0.15) is 6.07 Å². The lowest BCUT2D eigenvalue weighted by molar-refractivity contribution is 1.54. The molecule has 70 valence electrons. The summed E-state index contributed by atoms with van der Waals surface area (Å²) in [6, 6.07) is 14.4. The summed E-state index contributed by atoms with van der Waals surface area (Å²) < 4.78 is 0.914. The van der Waals surface area contributed by atoms with Crippen molar-refractivity contribution in [1.82, 2.24) is 0 Å². The van der Waals surface area contributed by atoms with Crippen LogP contribution in [0.4, 0.5) is 0 Å². The molecule has 0 fully saturated rings. The molecule has 0 spiro atoms. The largest absolute Gasteiger partial charge is 0.192 e. The zero-order valence-electron chi connectivity index (χ0n) is 7.79. The molecule has 3 rings (SSSR count). The minimum absolute atomic E-state index is 0.738. The lowest BCUT2D eigenvalue weighted by atomic mass is 10.0. The van der Waals surface area contributed by atoms with Crippen molar-refractivity contribution in [2.75, 3.05) is 0 Å². The molecule has 0 bridgehead atoms. The van der Waals surface area contributed by atoms with Gasteiger partial charge < -0.3 is 0 Å². The lowest BCUT2D eigenvalue weighted by Gasteiger charge is -2.00. The zero-order chi connectivity index (χ0) is 10.4. The number of nitrogens with zero attached hydrogens (tertiary/aromatic N) is 1. The van der Waals surface area contributed by atoms with Crippen molar-refractivity contribution >= 4 is 36.8 Å². The Kier molecular flexibility index (Phi) is 1.71. The van der Waals surface area contributed by atoms with Gasteiger partial charge in [0.15, 0.2) is 0 Å². The van der Waals surface area contributed by atoms with Gasteiger partial charge >= 0.3 is 0 Å². The summed E-state index contributed by atoms with van der Waals surface area (Å²) in [5.74, 6) is 0. The summed E-state index contributed by atoms with van der Waals surface area (Å²) in [7, 11) is 0. The summed E-state index contributed by atoms with van der Waals surface area (Å²) in [4.78, 5) is 0. The number of benzene rings is 2. The second-order valence-corrected chi connectivity index (χ2v) is 4.30. The Balaban J connectivity index is 2.57. The van der Waals surface area contributed by atoms with Crippen LogP contribution in [0, 0.1) is 11.3 Å². The fraction of sp³-hybridized carbons (Fsp3) is 0. The normalized spacial score (nSPS) is 13.3. The molecule has 2 heteroatoms. The predicted octanol–water partition coefficient (Wildman–Crippen LogP) is 3.94. The van der Waals surface area contributed by atoms with Gasteiger partial charge in [-0.05, 0) is 32.3 Å². The SMILES string of the molecule is N#CC1=C(Br)c2cccc3cccc1c23. The lowest BCUT2D eigenvalue weighted by Crippen LogP contribution is -1.79. The van der Waals surface area contributed by atoms with Gasteiger partial charge in [-0.3, -0.25) is 0 Å². The van der Waals surface area contributed by atoms with Crippen molar-refractivity contribution in [1.29, 1.82) is 5.26 Å². The summed E-state index contributed by atoms with van der Waals surface area (Å²) >= 11 is 3.50. The molecule has 2 aromatic rings. The molecule has 0 atom stereocenters. The average molecular weight is 256 g/mol. The summed E-state index contributed by atoms with van der Waals surface area (Å²) in [5.41, 5.74) is 2.90. The highest BCUT2D eigenvalue weighted by atomic mass is 79.9. The van der Waals surface area contributed by atoms with Crippen LogP contribution in [0.15, 0.2) is 36.4 Å². The molecule has 0 N–H and O–H groups in total. The number of allylic oxidation sites excluding steroid dienone is 1. The van der Waals surface area contributed by atoms with Gasteiger partial charge in [-0.2, -0.15) is 5.26 Å². The predicted molar refractivity (Wildman–Crippen MR) is 65.3 cm³/mol. The number of hydrogen-bond donors (Lipinski definition) is 0. The molecule has 0 unspecified atom stereocenters. The average Bonchev–Trinajstić information content (AvgIpc) is 2.55. The van der Waals surface area contributed by atoms with Gasteiger partial charge in [-0.1, -0.05) is 36.4 Å². The Labute approximate surface area is 95.8 Å². The van der Waals surface area contributed by atoms with Crippen LogP contribution in [0.3, 0.4) is 0 Å². The van der Waals surface area contributed by atoms with Crippen LogP contribution in [0.1, 0.15) is 11.1 Å². The third kappa shape index (κ3) is 1.01. The Morgan fingerprint density at radius 1 is 1.00 bits per heavy atom. The smallest absolute Gasteiger partial charge is 0.101 e. The molecule has 0 amide bonds. The van der Waals surface area contributed by atoms with Gasteiger partial charge in [0.2, 0.25) is 0 Å². The van der Waals surface area contributed by atoms with Crippen molar-refractivity contribution in [3.8, 4) is 6.07 Å². The van der Waals surface area contributed by atoms with Crippen molar-refractivity contribution in [3.63, 3.8) is 0 Å². The molecule has 1 aliphatic carbocycles. The van der Waals surface area contributed by atoms with Gasteiger partial charge in [-0.15, -0.1) is 0 Å². The molecule has 0 saturated carbocycles. The summed E-state index contributed by atoms with van der Waals surface area (Å²) in [6.45, 7) is 0. The van der Waals surface area contributed by atoms with Gasteiger partial charge in [0.25, 0.3) is 0 Å². The first-order chi connectivity index (χ1) is 7.33. The fourth-order valence-corrected chi connectivity index (χ4v) is 2.73. The molecule has 0 aromatic heterocycles. The number of halogens is 1. The van der Waals surface area contributed by atoms with Gasteiger partial charge in [0, 0.05) is 10.0 Å². The third-order valence-corrected chi connectivity index (χ3v) is 3.57. The highest BCUT2D eigenvalue weighted by Gasteiger charge is 2.21. The quantitative estimate of drug-likeness (QED) is 0.700. The molecule has 15 heavy (non-hydrogen) atoms. The second-order valence-electron chi connectivity index (χ2n) is 3.51. The van der Waals surface area contributed by atoms with Crippen LogP contribution in [0.5, 0.6) is 0 Å². The first-order valence-electron chi connectivity index (χ1n) is 4.65. The summed E-state index contributed by atoms with van der Waals surface area (Å²) in [6.07, 6.45) is 0. The molecule has 0 aliphatic heterocycles. The molecular weight excluding hydrogens is 250 g/mol. The third-order valence-electron chi connectivity index (χ3n) is 2.74. The molecule has 1 aliphatic rings. The van der Waals surface area contributed by atoms with Crippen molar-refractivity contribution in [2.24, 2.45) is 0 Å². The Hall–Kier alpha value is -1.59. The van der Waals surface area contributed by atoms with E-state index < -0.39 is 0 Å². The number of hydrogen-bond acceptors (Lipinski definition) is 1. The standard InChI is InChI=1S/C13H6BrN/c14-13-10-6-2-4-8-3-1-5-9(12(8)10)11(13)7-15/h1-6H. The van der Waals surface area contributed by atoms with E-state index >= 15 is 0 Å². The van der Waals surface area contributed by atoms with E-state index in [-0.39, 0.29) is 0 Å². The molecule has 0 heterocycles. The van der Waals surface area contributed by atoms with Crippen molar-refractivity contribution < 1.29 is 0 Å². The van der Waals surface area contributed by atoms with Gasteiger partial charge in [0.05, 0.1) is 5.57 Å². The summed E-state index contributed by atoms with van der Waals surface area (Å²) in [5, 5.41) is 11.5. The zero-order valence-corrected chi connectivity index (χ0v) is 9.38. The Bertz CT molecular complexity index is 642. The Morgan fingerprint density at radius 3 is 2.33 bits per heavy atom. The van der Waals surface area contributed by atoms with Crippen LogP contribution in [-0.2, 0) is 0 Å². The minimum Gasteiger partial charge on any atom is -0.192 e. The Morgan fingerprint density at radius 2 is 1.67 bits per heavy atom. The minimum atomic E-state index is 0.738. The van der Waals surface area contributed by atoms with E-state index in [1.54, 1.807) is 0 Å². The van der Waals surface area contributed by atoms with Crippen LogP contribution in [0.25, 0.3) is 20.8 Å².